The molecule has 4 heterocycles. The molecule has 3 aromatic rings. The van der Waals surface area contributed by atoms with E-state index in [2.05, 4.69) is 54.9 Å². The summed E-state index contributed by atoms with van der Waals surface area (Å²) < 4.78 is 16.1. The van der Waals surface area contributed by atoms with Gasteiger partial charge in [0.15, 0.2) is 11.6 Å². The quantitative estimate of drug-likeness (QED) is 0.573. The van der Waals surface area contributed by atoms with Crippen LogP contribution in [0.25, 0.3) is 5.69 Å². The van der Waals surface area contributed by atoms with E-state index in [1.54, 1.807) is 19.1 Å². The lowest BCUT2D eigenvalue weighted by Gasteiger charge is -2.47. The van der Waals surface area contributed by atoms with E-state index >= 15 is 0 Å². The average Bonchev–Trinajstić information content (AvgIpc) is 3.41. The monoisotopic (exact) mass is 471 g/mol. The molecule has 9 nitrogen and oxygen atoms in total. The van der Waals surface area contributed by atoms with Gasteiger partial charge in [0.25, 0.3) is 0 Å². The van der Waals surface area contributed by atoms with Crippen LogP contribution in [0.5, 0.6) is 0 Å². The van der Waals surface area contributed by atoms with Gasteiger partial charge >= 0.3 is 0 Å². The Balaban J connectivity index is 1.36. The Bertz CT molecular complexity index is 1160. The molecule has 5 rings (SSSR count). The van der Waals surface area contributed by atoms with Gasteiger partial charge in [-0.05, 0) is 81.6 Å². The largest absolute Gasteiger partial charge is 0.366 e. The first-order chi connectivity index (χ1) is 15.8. The maximum atomic E-state index is 14.5. The number of aromatic nitrogens is 6. The zero-order valence-electron chi connectivity index (χ0n) is 18.9. The number of tetrazole rings is 1. The fourth-order valence-electron chi connectivity index (χ4n) is 5.17. The summed E-state index contributed by atoms with van der Waals surface area (Å²) >= 11 is 6.42. The molecule has 0 radical (unpaired) electrons. The Morgan fingerprint density at radius 1 is 1.27 bits per heavy atom. The second-order valence-electron chi connectivity index (χ2n) is 9.40. The van der Waals surface area contributed by atoms with E-state index in [0.29, 0.717) is 28.4 Å². The van der Waals surface area contributed by atoms with Crippen molar-refractivity contribution in [2.45, 2.75) is 64.1 Å². The van der Waals surface area contributed by atoms with Crippen molar-refractivity contribution >= 4 is 29.1 Å². The Kier molecular flexibility index (Phi) is 5.65. The average molecular weight is 472 g/mol. The molecule has 0 bridgehead atoms. The number of halogens is 2. The maximum absolute atomic E-state index is 14.5. The number of piperidine rings is 1. The van der Waals surface area contributed by atoms with Crippen LogP contribution in [0.3, 0.4) is 0 Å². The van der Waals surface area contributed by atoms with Gasteiger partial charge in [-0.3, -0.25) is 4.90 Å². The second-order valence-corrected chi connectivity index (χ2v) is 9.81. The van der Waals surface area contributed by atoms with E-state index in [-0.39, 0.29) is 23.2 Å². The topological polar surface area (TPSA) is 96.7 Å². The lowest BCUT2D eigenvalue weighted by atomic mass is 9.84. The Morgan fingerprint density at radius 3 is 2.91 bits per heavy atom. The molecule has 2 fully saturated rings. The molecule has 33 heavy (non-hydrogen) atoms. The van der Waals surface area contributed by atoms with Gasteiger partial charge in [0.05, 0.1) is 17.6 Å². The number of rotatable bonds is 5. The molecule has 2 saturated heterocycles. The van der Waals surface area contributed by atoms with E-state index in [9.17, 15) is 4.39 Å². The third kappa shape index (κ3) is 4.37. The Hall–Kier alpha value is -2.85. The van der Waals surface area contributed by atoms with Crippen LogP contribution in [-0.2, 0) is 0 Å². The molecule has 0 amide bonds. The first-order valence-electron chi connectivity index (χ1n) is 11.2. The van der Waals surface area contributed by atoms with Gasteiger partial charge in [-0.25, -0.2) is 9.37 Å². The predicted molar refractivity (Wildman–Crippen MR) is 125 cm³/mol. The molecule has 2 aromatic heterocycles. The summed E-state index contributed by atoms with van der Waals surface area (Å²) in [5.41, 5.74) is 0.964. The highest BCUT2D eigenvalue weighted by molar-refractivity contribution is 6.32. The lowest BCUT2D eigenvalue weighted by Crippen LogP contribution is -2.55. The van der Waals surface area contributed by atoms with E-state index < -0.39 is 5.82 Å². The summed E-state index contributed by atoms with van der Waals surface area (Å²) in [6.07, 6.45) is 6.05. The van der Waals surface area contributed by atoms with Crippen molar-refractivity contribution in [1.82, 2.24) is 35.1 Å². The van der Waals surface area contributed by atoms with Crippen LogP contribution in [0, 0.1) is 12.7 Å². The zero-order valence-corrected chi connectivity index (χ0v) is 19.6. The van der Waals surface area contributed by atoms with Crippen LogP contribution >= 0.6 is 11.6 Å². The molecule has 2 N–H and O–H groups in total. The molecule has 2 atom stereocenters. The maximum Gasteiger partial charge on any atom is 0.229 e. The number of hydrogen-bond acceptors (Lipinski definition) is 8. The van der Waals surface area contributed by atoms with Crippen molar-refractivity contribution in [2.24, 2.45) is 0 Å². The molecule has 174 valence electrons. The van der Waals surface area contributed by atoms with Gasteiger partial charge in [-0.15, -0.1) is 5.10 Å². The highest BCUT2D eigenvalue weighted by atomic mass is 35.5. The van der Waals surface area contributed by atoms with Crippen molar-refractivity contribution < 1.29 is 4.39 Å². The first-order valence-corrected chi connectivity index (χ1v) is 11.6. The number of nitrogens with zero attached hydrogens (tertiary/aromatic N) is 7. The van der Waals surface area contributed by atoms with Gasteiger partial charge in [0.1, 0.15) is 10.8 Å². The summed E-state index contributed by atoms with van der Waals surface area (Å²) in [4.78, 5) is 11.4. The first kappa shape index (κ1) is 22.0. The highest BCUT2D eigenvalue weighted by Gasteiger charge is 2.43. The fraction of sp³-hybridized carbons (Fsp3) is 0.500. The molecule has 0 spiro atoms. The smallest absolute Gasteiger partial charge is 0.229 e. The molecular weight excluding hydrogens is 445 g/mol. The third-order valence-corrected chi connectivity index (χ3v) is 6.89. The van der Waals surface area contributed by atoms with Crippen LogP contribution in [0.2, 0.25) is 5.02 Å². The molecule has 0 aliphatic carbocycles. The van der Waals surface area contributed by atoms with Crippen LogP contribution in [0.4, 0.5) is 21.8 Å². The standard InChI is InChI=1S/C22H27ClFN9/c1-13-29-30-31-33(13)16-6-7-18(24)19(10-16)27-21-25-12-17(23)20(28-21)26-14-9-15-5-4-8-32(15)22(2,3)11-14/h6-7,10,12,14-15H,4-5,8-9,11H2,1-3H3,(H2,25,26,27,28). The minimum atomic E-state index is -0.437. The van der Waals surface area contributed by atoms with Gasteiger partial charge in [0, 0.05) is 17.6 Å². The van der Waals surface area contributed by atoms with Gasteiger partial charge < -0.3 is 10.6 Å². The van der Waals surface area contributed by atoms with E-state index in [1.165, 1.54) is 36.3 Å². The molecular formula is C22H27ClFN9. The van der Waals surface area contributed by atoms with Crippen molar-refractivity contribution in [3.05, 3.63) is 41.1 Å². The van der Waals surface area contributed by atoms with Gasteiger partial charge in [-0.2, -0.15) is 9.67 Å². The summed E-state index contributed by atoms with van der Waals surface area (Å²) in [6, 6.07) is 5.41. The second kappa shape index (κ2) is 8.49. The van der Waals surface area contributed by atoms with E-state index in [0.717, 1.165) is 12.8 Å². The summed E-state index contributed by atoms with van der Waals surface area (Å²) in [5.74, 6) is 0.962. The molecule has 1 aromatic carbocycles. The van der Waals surface area contributed by atoms with Crippen LogP contribution in [0.1, 0.15) is 45.4 Å². The number of aryl methyl sites for hydroxylation is 1. The normalized spacial score (nSPS) is 22.2. The highest BCUT2D eigenvalue weighted by Crippen LogP contribution is 2.39. The number of anilines is 3. The van der Waals surface area contributed by atoms with Crippen LogP contribution < -0.4 is 10.6 Å². The molecule has 11 heteroatoms. The molecule has 2 unspecified atom stereocenters. The minimum absolute atomic E-state index is 0.121. The SMILES string of the molecule is Cc1nnnn1-c1ccc(F)c(Nc2ncc(Cl)c(NC3CC4CCCN4C(C)(C)C3)n2)c1. The van der Waals surface area contributed by atoms with Crippen molar-refractivity contribution in [2.75, 3.05) is 17.2 Å². The third-order valence-electron chi connectivity index (χ3n) is 6.61. The van der Waals surface area contributed by atoms with E-state index in [4.69, 9.17) is 11.6 Å². The minimum Gasteiger partial charge on any atom is -0.366 e. The van der Waals surface area contributed by atoms with Gasteiger partial charge in [0.2, 0.25) is 5.95 Å². The van der Waals surface area contributed by atoms with Crippen LogP contribution in [0.15, 0.2) is 24.4 Å². The van der Waals surface area contributed by atoms with Crippen LogP contribution in [-0.4, -0.2) is 59.2 Å². The molecule has 2 aliphatic heterocycles. The lowest BCUT2D eigenvalue weighted by molar-refractivity contribution is 0.0501. The van der Waals surface area contributed by atoms with Gasteiger partial charge in [-0.1, -0.05) is 11.6 Å². The summed E-state index contributed by atoms with van der Waals surface area (Å²) in [7, 11) is 0. The number of benzene rings is 1. The van der Waals surface area contributed by atoms with E-state index in [1.807, 2.05) is 0 Å². The van der Waals surface area contributed by atoms with Crippen molar-refractivity contribution in [3.63, 3.8) is 0 Å². The zero-order chi connectivity index (χ0) is 23.2. The summed E-state index contributed by atoms with van der Waals surface area (Å²) in [6.45, 7) is 7.54. The fourth-order valence-corrected chi connectivity index (χ4v) is 5.32. The molecule has 2 aliphatic rings. The number of fused-ring (bicyclic) bond motifs is 1. The Morgan fingerprint density at radius 2 is 2.12 bits per heavy atom. The number of hydrogen-bond donors (Lipinski definition) is 2. The molecule has 0 saturated carbocycles. The predicted octanol–water partition coefficient (Wildman–Crippen LogP) is 4.11. The Labute approximate surface area is 196 Å². The summed E-state index contributed by atoms with van der Waals surface area (Å²) in [5, 5.41) is 18.4. The van der Waals surface area contributed by atoms with Crippen molar-refractivity contribution in [3.8, 4) is 5.69 Å². The number of nitrogens with one attached hydrogen (secondary N) is 2. The van der Waals surface area contributed by atoms with Crippen molar-refractivity contribution in [1.29, 1.82) is 0 Å².